The number of benzene rings is 2. The summed E-state index contributed by atoms with van der Waals surface area (Å²) in [7, 11) is 0. The van der Waals surface area contributed by atoms with Gasteiger partial charge in [-0.1, -0.05) is 23.7 Å². The van der Waals surface area contributed by atoms with Gasteiger partial charge in [0.1, 0.15) is 0 Å². The number of carbonyl (C=O) groups excluding carboxylic acids is 2. The minimum Gasteiger partial charge on any atom is -0.454 e. The van der Waals surface area contributed by atoms with Crippen LogP contribution < -0.4 is 0 Å². The summed E-state index contributed by atoms with van der Waals surface area (Å²) in [6.45, 7) is 1.58. The van der Waals surface area contributed by atoms with Crippen LogP contribution >= 0.6 is 11.6 Å². The van der Waals surface area contributed by atoms with Gasteiger partial charge in [0.25, 0.3) is 0 Å². The standard InChI is InChI=1S/C19H15ClN2O3/c1-13-10-11-21-22(13)15-8-6-14(7-9-15)19(24)25-12-18(23)16-4-2-3-5-17(16)20/h2-11H,12H2,1H3. The van der Waals surface area contributed by atoms with Crippen molar-refractivity contribution in [3.8, 4) is 5.69 Å². The molecule has 0 spiro atoms. The second-order valence-corrected chi connectivity index (χ2v) is 5.82. The number of halogens is 1. The minimum atomic E-state index is -0.566. The Hall–Kier alpha value is -2.92. The van der Waals surface area contributed by atoms with Crippen LogP contribution in [-0.2, 0) is 4.74 Å². The van der Waals surface area contributed by atoms with Crippen molar-refractivity contribution in [2.75, 3.05) is 6.61 Å². The van der Waals surface area contributed by atoms with Crippen LogP contribution in [0.2, 0.25) is 5.02 Å². The van der Waals surface area contributed by atoms with Crippen molar-refractivity contribution in [2.24, 2.45) is 0 Å². The summed E-state index contributed by atoms with van der Waals surface area (Å²) in [6, 6.07) is 15.4. The van der Waals surface area contributed by atoms with Gasteiger partial charge in [-0.2, -0.15) is 5.10 Å². The summed E-state index contributed by atoms with van der Waals surface area (Å²) < 4.78 is 6.84. The fourth-order valence-electron chi connectivity index (χ4n) is 2.36. The average molecular weight is 355 g/mol. The summed E-state index contributed by atoms with van der Waals surface area (Å²) >= 11 is 5.96. The first-order valence-electron chi connectivity index (χ1n) is 7.62. The second-order valence-electron chi connectivity index (χ2n) is 5.41. The Labute approximate surface area is 149 Å². The van der Waals surface area contributed by atoms with E-state index in [1.165, 1.54) is 0 Å². The van der Waals surface area contributed by atoms with E-state index in [-0.39, 0.29) is 12.4 Å². The molecule has 25 heavy (non-hydrogen) atoms. The summed E-state index contributed by atoms with van der Waals surface area (Å²) in [4.78, 5) is 24.2. The number of ether oxygens (including phenoxy) is 1. The molecule has 6 heteroatoms. The number of Topliss-reactive ketones (excluding diaryl/α,β-unsaturated/α-hetero) is 1. The summed E-state index contributed by atoms with van der Waals surface area (Å²) in [5.74, 6) is -0.910. The van der Waals surface area contributed by atoms with E-state index in [0.717, 1.165) is 11.4 Å². The maximum atomic E-state index is 12.1. The number of rotatable bonds is 5. The first-order valence-corrected chi connectivity index (χ1v) is 8.00. The maximum Gasteiger partial charge on any atom is 0.338 e. The van der Waals surface area contributed by atoms with Crippen LogP contribution in [0.15, 0.2) is 60.8 Å². The van der Waals surface area contributed by atoms with Crippen LogP contribution in [0, 0.1) is 6.92 Å². The van der Waals surface area contributed by atoms with E-state index in [2.05, 4.69) is 5.10 Å². The molecule has 0 N–H and O–H groups in total. The molecule has 3 aromatic rings. The van der Waals surface area contributed by atoms with Gasteiger partial charge in [-0.05, 0) is 49.4 Å². The molecule has 0 fully saturated rings. The number of aryl methyl sites for hydroxylation is 1. The monoisotopic (exact) mass is 354 g/mol. The smallest absolute Gasteiger partial charge is 0.338 e. The predicted molar refractivity (Wildman–Crippen MR) is 94.4 cm³/mol. The van der Waals surface area contributed by atoms with Gasteiger partial charge in [0.05, 0.1) is 16.3 Å². The van der Waals surface area contributed by atoms with Crippen molar-refractivity contribution in [3.05, 3.63) is 82.6 Å². The van der Waals surface area contributed by atoms with E-state index >= 15 is 0 Å². The molecule has 5 nitrogen and oxygen atoms in total. The second kappa shape index (κ2) is 7.32. The molecule has 3 rings (SSSR count). The molecule has 0 bridgehead atoms. The van der Waals surface area contributed by atoms with Gasteiger partial charge in [0.15, 0.2) is 6.61 Å². The molecule has 0 aliphatic rings. The highest BCUT2D eigenvalue weighted by atomic mass is 35.5. The summed E-state index contributed by atoms with van der Waals surface area (Å²) in [5.41, 5.74) is 2.52. The molecule has 0 saturated carbocycles. The zero-order valence-electron chi connectivity index (χ0n) is 13.5. The number of aromatic nitrogens is 2. The van der Waals surface area contributed by atoms with Crippen LogP contribution in [-0.4, -0.2) is 28.1 Å². The maximum absolute atomic E-state index is 12.1. The third kappa shape index (κ3) is 3.78. The van der Waals surface area contributed by atoms with Gasteiger partial charge in [0.2, 0.25) is 5.78 Å². The highest BCUT2D eigenvalue weighted by Crippen LogP contribution is 2.16. The molecule has 1 heterocycles. The molecular weight excluding hydrogens is 340 g/mol. The van der Waals surface area contributed by atoms with E-state index in [1.54, 1.807) is 59.4 Å². The fraction of sp³-hybridized carbons (Fsp3) is 0.105. The number of ketones is 1. The van der Waals surface area contributed by atoms with Gasteiger partial charge < -0.3 is 4.74 Å². The highest BCUT2D eigenvalue weighted by molar-refractivity contribution is 6.34. The molecule has 0 unspecified atom stereocenters. The van der Waals surface area contributed by atoms with Gasteiger partial charge >= 0.3 is 5.97 Å². The van der Waals surface area contributed by atoms with E-state index in [9.17, 15) is 9.59 Å². The number of carbonyl (C=O) groups is 2. The van der Waals surface area contributed by atoms with Crippen molar-refractivity contribution < 1.29 is 14.3 Å². The Kier molecular flexibility index (Phi) is 4.95. The molecule has 0 atom stereocenters. The molecule has 2 aromatic carbocycles. The Morgan fingerprint density at radius 3 is 2.44 bits per heavy atom. The van der Waals surface area contributed by atoms with Gasteiger partial charge in [0, 0.05) is 17.5 Å². The molecule has 126 valence electrons. The van der Waals surface area contributed by atoms with Gasteiger partial charge in [-0.3, -0.25) is 4.79 Å². The Morgan fingerprint density at radius 1 is 1.08 bits per heavy atom. The Bertz CT molecular complexity index is 916. The van der Waals surface area contributed by atoms with Crippen molar-refractivity contribution in [2.45, 2.75) is 6.92 Å². The van der Waals surface area contributed by atoms with Crippen LogP contribution in [0.4, 0.5) is 0 Å². The number of nitrogens with zero attached hydrogens (tertiary/aromatic N) is 2. The SMILES string of the molecule is Cc1ccnn1-c1ccc(C(=O)OCC(=O)c2ccccc2Cl)cc1. The van der Waals surface area contributed by atoms with E-state index in [4.69, 9.17) is 16.3 Å². The topological polar surface area (TPSA) is 61.2 Å². The number of hydrogen-bond acceptors (Lipinski definition) is 4. The quantitative estimate of drug-likeness (QED) is 0.515. The van der Waals surface area contributed by atoms with Crippen molar-refractivity contribution in [3.63, 3.8) is 0 Å². The van der Waals surface area contributed by atoms with Crippen molar-refractivity contribution in [1.29, 1.82) is 0 Å². The van der Waals surface area contributed by atoms with E-state index < -0.39 is 5.97 Å². The molecule has 0 saturated heterocycles. The van der Waals surface area contributed by atoms with Gasteiger partial charge in [-0.15, -0.1) is 0 Å². The van der Waals surface area contributed by atoms with Crippen LogP contribution in [0.25, 0.3) is 5.69 Å². The van der Waals surface area contributed by atoms with Gasteiger partial charge in [-0.25, -0.2) is 9.48 Å². The lowest BCUT2D eigenvalue weighted by Gasteiger charge is -2.07. The predicted octanol–water partition coefficient (Wildman–Crippen LogP) is 3.87. The van der Waals surface area contributed by atoms with Crippen LogP contribution in [0.3, 0.4) is 0 Å². The number of hydrogen-bond donors (Lipinski definition) is 0. The number of esters is 1. The lowest BCUT2D eigenvalue weighted by Crippen LogP contribution is -2.14. The van der Waals surface area contributed by atoms with E-state index in [0.29, 0.717) is 16.1 Å². The largest absolute Gasteiger partial charge is 0.454 e. The third-order valence-corrected chi connectivity index (χ3v) is 4.02. The molecule has 1 aromatic heterocycles. The first kappa shape index (κ1) is 16.9. The third-order valence-electron chi connectivity index (χ3n) is 3.69. The van der Waals surface area contributed by atoms with Crippen LogP contribution in [0.5, 0.6) is 0 Å². The minimum absolute atomic E-state index is 0.335. The molecule has 0 amide bonds. The summed E-state index contributed by atoms with van der Waals surface area (Å²) in [6.07, 6.45) is 1.71. The first-order chi connectivity index (χ1) is 12.1. The molecule has 0 aliphatic carbocycles. The molecule has 0 radical (unpaired) electrons. The fourth-order valence-corrected chi connectivity index (χ4v) is 2.60. The lowest BCUT2D eigenvalue weighted by atomic mass is 10.1. The zero-order chi connectivity index (χ0) is 17.8. The Balaban J connectivity index is 1.65. The summed E-state index contributed by atoms with van der Waals surface area (Å²) in [5, 5.41) is 4.54. The molecule has 0 aliphatic heterocycles. The molecular formula is C19H15ClN2O3. The Morgan fingerprint density at radius 2 is 1.80 bits per heavy atom. The van der Waals surface area contributed by atoms with E-state index in [1.807, 2.05) is 13.0 Å². The highest BCUT2D eigenvalue weighted by Gasteiger charge is 2.14. The van der Waals surface area contributed by atoms with Crippen LogP contribution in [0.1, 0.15) is 26.4 Å². The normalized spacial score (nSPS) is 10.5. The average Bonchev–Trinajstić information content (AvgIpc) is 3.06. The zero-order valence-corrected chi connectivity index (χ0v) is 14.2. The van der Waals surface area contributed by atoms with Crippen molar-refractivity contribution >= 4 is 23.4 Å². The lowest BCUT2D eigenvalue weighted by molar-refractivity contribution is 0.0475. The van der Waals surface area contributed by atoms with Crippen molar-refractivity contribution in [1.82, 2.24) is 9.78 Å².